The van der Waals surface area contributed by atoms with E-state index in [1.165, 1.54) is 0 Å². The number of rotatable bonds is 5. The third kappa shape index (κ3) is 5.48. The van der Waals surface area contributed by atoms with Crippen LogP contribution in [0.2, 0.25) is 0 Å². The van der Waals surface area contributed by atoms with Crippen LogP contribution in [-0.2, 0) is 14.3 Å². The van der Waals surface area contributed by atoms with Crippen molar-refractivity contribution in [3.05, 3.63) is 0 Å². The predicted molar refractivity (Wildman–Crippen MR) is 84.7 cm³/mol. The lowest BCUT2D eigenvalue weighted by Gasteiger charge is -2.28. The molecule has 0 saturated carbocycles. The van der Waals surface area contributed by atoms with Gasteiger partial charge in [-0.1, -0.05) is 0 Å². The Hall–Kier alpha value is -1.30. The molecule has 0 aliphatic carbocycles. The Morgan fingerprint density at radius 3 is 2.32 bits per heavy atom. The molecule has 6 nitrogen and oxygen atoms in total. The van der Waals surface area contributed by atoms with Crippen LogP contribution in [0.4, 0.5) is 4.79 Å². The SMILES string of the molecule is CCN(CC)C(=O)COC1(C)CCN(C(=O)OC(C)(C)C)C1. The summed E-state index contributed by atoms with van der Waals surface area (Å²) in [6.07, 6.45) is 0.382. The summed E-state index contributed by atoms with van der Waals surface area (Å²) in [5, 5.41) is 0. The van der Waals surface area contributed by atoms with Crippen LogP contribution < -0.4 is 0 Å². The molecule has 2 amide bonds. The van der Waals surface area contributed by atoms with Crippen LogP contribution in [0.25, 0.3) is 0 Å². The van der Waals surface area contributed by atoms with Crippen molar-refractivity contribution in [2.45, 2.75) is 59.2 Å². The maximum absolute atomic E-state index is 12.1. The van der Waals surface area contributed by atoms with E-state index < -0.39 is 11.2 Å². The number of nitrogens with zero attached hydrogens (tertiary/aromatic N) is 2. The minimum absolute atomic E-state index is 0.0121. The second kappa shape index (κ2) is 7.31. The number of carbonyl (C=O) groups excluding carboxylic acids is 2. The highest BCUT2D eigenvalue weighted by Crippen LogP contribution is 2.26. The van der Waals surface area contributed by atoms with Crippen molar-refractivity contribution < 1.29 is 19.1 Å². The fourth-order valence-corrected chi connectivity index (χ4v) is 2.44. The van der Waals surface area contributed by atoms with Gasteiger partial charge in [0, 0.05) is 19.6 Å². The second-order valence-electron chi connectivity index (χ2n) is 6.96. The molecule has 1 aliphatic heterocycles. The van der Waals surface area contributed by atoms with Crippen LogP contribution in [-0.4, -0.2) is 65.8 Å². The van der Waals surface area contributed by atoms with Crippen LogP contribution in [0.1, 0.15) is 48.0 Å². The summed E-state index contributed by atoms with van der Waals surface area (Å²) in [4.78, 5) is 27.4. The topological polar surface area (TPSA) is 59.1 Å². The average molecular weight is 314 g/mol. The predicted octanol–water partition coefficient (Wildman–Crippen LogP) is 2.27. The highest BCUT2D eigenvalue weighted by atomic mass is 16.6. The van der Waals surface area contributed by atoms with Gasteiger partial charge in [-0.15, -0.1) is 0 Å². The summed E-state index contributed by atoms with van der Waals surface area (Å²) in [6, 6.07) is 0. The molecule has 0 radical (unpaired) electrons. The van der Waals surface area contributed by atoms with E-state index in [1.54, 1.807) is 9.80 Å². The van der Waals surface area contributed by atoms with Gasteiger partial charge in [0.1, 0.15) is 12.2 Å². The molecule has 1 unspecified atom stereocenters. The van der Waals surface area contributed by atoms with Crippen molar-refractivity contribution in [3.8, 4) is 0 Å². The summed E-state index contributed by atoms with van der Waals surface area (Å²) >= 11 is 0. The third-order valence-electron chi connectivity index (χ3n) is 3.75. The lowest BCUT2D eigenvalue weighted by atomic mass is 10.1. The molecule has 6 heteroatoms. The fourth-order valence-electron chi connectivity index (χ4n) is 2.44. The lowest BCUT2D eigenvalue weighted by molar-refractivity contribution is -0.141. The molecule has 1 rings (SSSR count). The Morgan fingerprint density at radius 1 is 1.23 bits per heavy atom. The molecule has 0 N–H and O–H groups in total. The minimum Gasteiger partial charge on any atom is -0.444 e. The lowest BCUT2D eigenvalue weighted by Crippen LogP contribution is -2.41. The van der Waals surface area contributed by atoms with Gasteiger partial charge in [-0.25, -0.2) is 4.79 Å². The third-order valence-corrected chi connectivity index (χ3v) is 3.75. The van der Waals surface area contributed by atoms with E-state index in [0.717, 1.165) is 0 Å². The monoisotopic (exact) mass is 314 g/mol. The molecule has 22 heavy (non-hydrogen) atoms. The number of carbonyl (C=O) groups is 2. The van der Waals surface area contributed by atoms with Gasteiger partial charge in [0.05, 0.1) is 12.1 Å². The van der Waals surface area contributed by atoms with Gasteiger partial charge in [0.2, 0.25) is 5.91 Å². The Morgan fingerprint density at radius 2 is 1.82 bits per heavy atom. The Bertz CT molecular complexity index is 401. The first-order valence-corrected chi connectivity index (χ1v) is 8.00. The molecule has 1 heterocycles. The Kier molecular flexibility index (Phi) is 6.23. The van der Waals surface area contributed by atoms with Gasteiger partial charge in [-0.05, 0) is 48.0 Å². The largest absolute Gasteiger partial charge is 0.444 e. The van der Waals surface area contributed by atoms with Crippen LogP contribution in [0, 0.1) is 0 Å². The van der Waals surface area contributed by atoms with Crippen LogP contribution in [0.15, 0.2) is 0 Å². The summed E-state index contributed by atoms with van der Waals surface area (Å²) in [5.41, 5.74) is -0.991. The van der Waals surface area contributed by atoms with Crippen molar-refractivity contribution >= 4 is 12.0 Å². The molecular weight excluding hydrogens is 284 g/mol. The van der Waals surface area contributed by atoms with Gasteiger partial charge >= 0.3 is 6.09 Å². The van der Waals surface area contributed by atoms with E-state index in [2.05, 4.69) is 0 Å². The molecule has 128 valence electrons. The van der Waals surface area contributed by atoms with Gasteiger partial charge in [0.15, 0.2) is 0 Å². The molecule has 0 aromatic heterocycles. The standard InChI is InChI=1S/C16H30N2O4/c1-7-17(8-2)13(19)11-21-16(6)9-10-18(12-16)14(20)22-15(3,4)5/h7-12H2,1-6H3. The van der Waals surface area contributed by atoms with Crippen molar-refractivity contribution in [3.63, 3.8) is 0 Å². The molecular formula is C16H30N2O4. The van der Waals surface area contributed by atoms with Crippen LogP contribution in [0.5, 0.6) is 0 Å². The second-order valence-corrected chi connectivity index (χ2v) is 6.96. The number of likely N-dealkylation sites (tertiary alicyclic amines) is 1. The number of amides is 2. The van der Waals surface area contributed by atoms with E-state index >= 15 is 0 Å². The van der Waals surface area contributed by atoms with Gasteiger partial charge in [-0.3, -0.25) is 4.79 Å². The zero-order valence-electron chi connectivity index (χ0n) is 14.8. The maximum Gasteiger partial charge on any atom is 0.410 e. The quantitative estimate of drug-likeness (QED) is 0.781. The molecule has 0 aromatic rings. The van der Waals surface area contributed by atoms with E-state index in [0.29, 0.717) is 32.6 Å². The molecule has 1 fully saturated rings. The number of hydrogen-bond acceptors (Lipinski definition) is 4. The molecule has 0 aromatic carbocycles. The minimum atomic E-state index is -0.504. The first-order chi connectivity index (χ1) is 10.1. The smallest absolute Gasteiger partial charge is 0.410 e. The van der Waals surface area contributed by atoms with E-state index in [9.17, 15) is 9.59 Å². The van der Waals surface area contributed by atoms with Crippen molar-refractivity contribution in [1.82, 2.24) is 9.80 Å². The van der Waals surface area contributed by atoms with Crippen molar-refractivity contribution in [2.24, 2.45) is 0 Å². The normalized spacial score (nSPS) is 21.8. The number of hydrogen-bond donors (Lipinski definition) is 0. The average Bonchev–Trinajstić information content (AvgIpc) is 2.79. The van der Waals surface area contributed by atoms with Gasteiger partial charge in [-0.2, -0.15) is 0 Å². The van der Waals surface area contributed by atoms with Gasteiger partial charge < -0.3 is 19.3 Å². The maximum atomic E-state index is 12.1. The first-order valence-electron chi connectivity index (χ1n) is 8.00. The van der Waals surface area contributed by atoms with E-state index in [4.69, 9.17) is 9.47 Å². The summed E-state index contributed by atoms with van der Waals surface area (Å²) in [7, 11) is 0. The molecule has 1 aliphatic rings. The summed E-state index contributed by atoms with van der Waals surface area (Å²) in [5.74, 6) is -0.0121. The molecule has 1 saturated heterocycles. The molecule has 0 bridgehead atoms. The first kappa shape index (κ1) is 18.7. The van der Waals surface area contributed by atoms with Crippen molar-refractivity contribution in [2.75, 3.05) is 32.8 Å². The van der Waals surface area contributed by atoms with Gasteiger partial charge in [0.25, 0.3) is 0 Å². The fraction of sp³-hybridized carbons (Fsp3) is 0.875. The highest BCUT2D eigenvalue weighted by molar-refractivity contribution is 5.77. The zero-order chi connectivity index (χ0) is 17.0. The van der Waals surface area contributed by atoms with Crippen molar-refractivity contribution in [1.29, 1.82) is 0 Å². The summed E-state index contributed by atoms with van der Waals surface area (Å²) in [6.45, 7) is 13.8. The van der Waals surface area contributed by atoms with Crippen LogP contribution in [0.3, 0.4) is 0 Å². The number of ether oxygens (including phenoxy) is 2. The van der Waals surface area contributed by atoms with Crippen LogP contribution >= 0.6 is 0 Å². The zero-order valence-corrected chi connectivity index (χ0v) is 14.8. The van der Waals surface area contributed by atoms with E-state index in [1.807, 2.05) is 41.5 Å². The summed E-state index contributed by atoms with van der Waals surface area (Å²) < 4.78 is 11.2. The Labute approximate surface area is 133 Å². The van der Waals surface area contributed by atoms with E-state index in [-0.39, 0.29) is 18.6 Å². The highest BCUT2D eigenvalue weighted by Gasteiger charge is 2.39. The number of likely N-dealkylation sites (N-methyl/N-ethyl adjacent to an activating group) is 1. The molecule has 0 spiro atoms. The molecule has 1 atom stereocenters. The Balaban J connectivity index is 2.49.